The number of amides is 1. The molecule has 3 aromatic heterocycles. The van der Waals surface area contributed by atoms with Gasteiger partial charge in [0.2, 0.25) is 0 Å². The monoisotopic (exact) mass is 614 g/mol. The number of nitrogens with zero attached hydrogens (tertiary/aromatic N) is 6. The van der Waals surface area contributed by atoms with Crippen LogP contribution in [-0.4, -0.2) is 61.9 Å². The fourth-order valence-corrected chi connectivity index (χ4v) is 5.63. The van der Waals surface area contributed by atoms with Gasteiger partial charge in [0.15, 0.2) is 5.82 Å². The second-order valence-electron chi connectivity index (χ2n) is 9.13. The molecule has 0 fully saturated rings. The van der Waals surface area contributed by atoms with Crippen LogP contribution in [0.2, 0.25) is 5.02 Å². The quantitative estimate of drug-likeness (QED) is 0.305. The van der Waals surface area contributed by atoms with Crippen LogP contribution < -0.4 is 10.6 Å². The minimum atomic E-state index is -5.53. The summed E-state index contributed by atoms with van der Waals surface area (Å²) in [6.07, 6.45) is 2.08. The summed E-state index contributed by atoms with van der Waals surface area (Å²) in [5.41, 5.74) is -2.99. The Morgan fingerprint density at radius 2 is 1.93 bits per heavy atom. The average molecular weight is 615 g/mol. The molecule has 1 aromatic carbocycles. The van der Waals surface area contributed by atoms with Crippen LogP contribution >= 0.6 is 11.6 Å². The van der Waals surface area contributed by atoms with E-state index in [0.29, 0.717) is 39.7 Å². The minimum absolute atomic E-state index is 0.0217. The molecule has 4 aromatic rings. The van der Waals surface area contributed by atoms with Gasteiger partial charge in [-0.3, -0.25) is 9.20 Å². The lowest BCUT2D eigenvalue weighted by atomic mass is 10.1. The topological polar surface area (TPSA) is 127 Å². The summed E-state index contributed by atoms with van der Waals surface area (Å²) in [5.74, 6) is -1.31. The molecule has 1 amide bonds. The van der Waals surface area contributed by atoms with Crippen molar-refractivity contribution in [3.8, 4) is 11.4 Å². The van der Waals surface area contributed by atoms with Crippen molar-refractivity contribution in [3.63, 3.8) is 0 Å². The van der Waals surface area contributed by atoms with Gasteiger partial charge in [-0.05, 0) is 24.1 Å². The number of nitrogens with one attached hydrogen (secondary N) is 2. The van der Waals surface area contributed by atoms with E-state index >= 15 is 4.39 Å². The van der Waals surface area contributed by atoms with Crippen molar-refractivity contribution in [3.05, 3.63) is 64.1 Å². The van der Waals surface area contributed by atoms with Crippen LogP contribution in [0.25, 0.3) is 17.0 Å². The van der Waals surface area contributed by atoms with Crippen LogP contribution in [-0.2, 0) is 36.1 Å². The van der Waals surface area contributed by atoms with E-state index in [1.165, 1.54) is 16.8 Å². The van der Waals surface area contributed by atoms with E-state index in [1.54, 1.807) is 29.8 Å². The number of fused-ring (bicyclic) bond motifs is 2. The highest BCUT2D eigenvalue weighted by atomic mass is 35.5. The van der Waals surface area contributed by atoms with Gasteiger partial charge in [-0.25, -0.2) is 27.5 Å². The Balaban J connectivity index is 1.32. The third-order valence-electron chi connectivity index (χ3n) is 6.59. The molecule has 0 bridgehead atoms. The first-order valence-electron chi connectivity index (χ1n) is 12.3. The Morgan fingerprint density at radius 1 is 1.17 bits per heavy atom. The van der Waals surface area contributed by atoms with Crippen molar-refractivity contribution in [2.24, 2.45) is 0 Å². The molecule has 0 saturated heterocycles. The van der Waals surface area contributed by atoms with Gasteiger partial charge in [-0.2, -0.15) is 22.6 Å². The zero-order valence-corrected chi connectivity index (χ0v) is 23.2. The van der Waals surface area contributed by atoms with Crippen LogP contribution in [0.15, 0.2) is 30.5 Å². The third-order valence-corrected chi connectivity index (χ3v) is 8.47. The Morgan fingerprint density at radius 3 is 2.59 bits per heavy atom. The van der Waals surface area contributed by atoms with E-state index in [0.717, 1.165) is 0 Å². The highest BCUT2D eigenvalue weighted by Gasteiger charge is 2.50. The Hall–Kier alpha value is -3.76. The molecular weight excluding hydrogens is 592 g/mol. The molecule has 2 N–H and O–H groups in total. The molecule has 0 radical (unpaired) electrons. The smallest absolute Gasteiger partial charge is 0.387 e. The normalized spacial score (nSPS) is 14.3. The number of imidazole rings is 1. The number of benzene rings is 1. The van der Waals surface area contributed by atoms with Crippen LogP contribution in [0.4, 0.5) is 23.2 Å². The number of carbonyl (C=O) groups is 1. The highest BCUT2D eigenvalue weighted by Crippen LogP contribution is 2.30. The standard InChI is InChI=1S/C24H23ClF4N8O3S/c1-3-17-21(36-11-15(25)18(30-2)9-19(36)32-17)23(38)31-10-13-4-5-14(16(26)8-13)22-33-20-12-35(6-7-37(20)34-22)41(39,40)24(27,28)29/h4-5,8-9,11,30H,3,6-7,10,12H2,1-2H3,(H,31,38). The average Bonchev–Trinajstić information content (AvgIpc) is 3.50. The molecule has 0 unspecified atom stereocenters. The van der Waals surface area contributed by atoms with E-state index < -0.39 is 40.3 Å². The summed E-state index contributed by atoms with van der Waals surface area (Å²) in [4.78, 5) is 21.7. The fraction of sp³-hybridized carbons (Fsp3) is 0.333. The fourth-order valence-electron chi connectivity index (χ4n) is 4.49. The zero-order valence-electron chi connectivity index (χ0n) is 21.6. The molecule has 0 aliphatic carbocycles. The molecule has 0 spiro atoms. The number of carbonyl (C=O) groups excluding carboxylic acids is 1. The molecule has 0 saturated carbocycles. The number of halogens is 5. The first-order valence-corrected chi connectivity index (χ1v) is 14.1. The molecule has 1 aliphatic heterocycles. The van der Waals surface area contributed by atoms with Crippen molar-refractivity contribution in [1.82, 2.24) is 33.8 Å². The number of alkyl halides is 3. The lowest BCUT2D eigenvalue weighted by molar-refractivity contribution is -0.0496. The van der Waals surface area contributed by atoms with Crippen molar-refractivity contribution in [2.75, 3.05) is 18.9 Å². The van der Waals surface area contributed by atoms with E-state index in [-0.39, 0.29) is 34.6 Å². The molecular formula is C24H23ClF4N8O3S. The van der Waals surface area contributed by atoms with Gasteiger partial charge in [-0.15, -0.1) is 0 Å². The molecule has 4 heterocycles. The van der Waals surface area contributed by atoms with Crippen LogP contribution in [0.1, 0.15) is 34.5 Å². The first-order chi connectivity index (χ1) is 19.3. The van der Waals surface area contributed by atoms with Crippen molar-refractivity contribution < 1.29 is 30.8 Å². The van der Waals surface area contributed by atoms with Gasteiger partial charge in [0.25, 0.3) is 5.91 Å². The van der Waals surface area contributed by atoms with Gasteiger partial charge in [0.05, 0.1) is 35.1 Å². The number of aromatic nitrogens is 5. The summed E-state index contributed by atoms with van der Waals surface area (Å²) in [6, 6.07) is 5.83. The Kier molecular flexibility index (Phi) is 7.42. The predicted octanol–water partition coefficient (Wildman–Crippen LogP) is 3.58. The van der Waals surface area contributed by atoms with E-state index in [9.17, 15) is 26.4 Å². The lowest BCUT2D eigenvalue weighted by Gasteiger charge is -2.26. The van der Waals surface area contributed by atoms with E-state index in [4.69, 9.17) is 11.6 Å². The van der Waals surface area contributed by atoms with Gasteiger partial charge >= 0.3 is 15.5 Å². The second-order valence-corrected chi connectivity index (χ2v) is 11.5. The summed E-state index contributed by atoms with van der Waals surface area (Å²) in [6.45, 7) is 0.570. The number of sulfonamides is 1. The summed E-state index contributed by atoms with van der Waals surface area (Å²) < 4.78 is 80.5. The van der Waals surface area contributed by atoms with Crippen LogP contribution in [0.3, 0.4) is 0 Å². The van der Waals surface area contributed by atoms with Gasteiger partial charge < -0.3 is 10.6 Å². The highest BCUT2D eigenvalue weighted by molar-refractivity contribution is 7.89. The molecule has 41 heavy (non-hydrogen) atoms. The van der Waals surface area contributed by atoms with Gasteiger partial charge in [0.1, 0.15) is 23.0 Å². The summed E-state index contributed by atoms with van der Waals surface area (Å²) >= 11 is 6.30. The van der Waals surface area contributed by atoms with Gasteiger partial charge in [-0.1, -0.05) is 24.6 Å². The summed E-state index contributed by atoms with van der Waals surface area (Å²) in [7, 11) is -3.82. The van der Waals surface area contributed by atoms with Crippen molar-refractivity contribution in [1.29, 1.82) is 0 Å². The Labute approximate surface area is 236 Å². The van der Waals surface area contributed by atoms with E-state index in [2.05, 4.69) is 25.7 Å². The van der Waals surface area contributed by atoms with Crippen molar-refractivity contribution >= 4 is 38.9 Å². The molecule has 218 valence electrons. The SMILES string of the molecule is CCc1nc2cc(NC)c(Cl)cn2c1C(=O)NCc1ccc(-c2nc3n(n2)CCN(S(=O)(=O)C(F)(F)F)C3)c(F)c1. The number of pyridine rings is 1. The number of hydrogen-bond acceptors (Lipinski definition) is 7. The molecule has 17 heteroatoms. The maximum atomic E-state index is 15.1. The van der Waals surface area contributed by atoms with Crippen LogP contribution in [0.5, 0.6) is 0 Å². The van der Waals surface area contributed by atoms with Crippen LogP contribution in [0, 0.1) is 5.82 Å². The predicted molar refractivity (Wildman–Crippen MR) is 141 cm³/mol. The number of anilines is 1. The Bertz CT molecular complexity index is 1770. The lowest BCUT2D eigenvalue weighted by Crippen LogP contribution is -2.44. The third kappa shape index (κ3) is 5.22. The molecule has 5 rings (SSSR count). The van der Waals surface area contributed by atoms with Gasteiger partial charge in [0, 0.05) is 32.4 Å². The number of aryl methyl sites for hydroxylation is 1. The number of hydrogen-bond donors (Lipinski definition) is 2. The maximum Gasteiger partial charge on any atom is 0.511 e. The second kappa shape index (κ2) is 10.6. The summed E-state index contributed by atoms with van der Waals surface area (Å²) in [5, 5.41) is 10.3. The first kappa shape index (κ1) is 28.8. The molecule has 1 aliphatic rings. The van der Waals surface area contributed by atoms with E-state index in [1.807, 2.05) is 6.92 Å². The molecule has 11 nitrogen and oxygen atoms in total. The number of rotatable bonds is 7. The largest absolute Gasteiger partial charge is 0.511 e. The zero-order chi connectivity index (χ0) is 29.7. The van der Waals surface area contributed by atoms with Crippen molar-refractivity contribution in [2.45, 2.75) is 38.5 Å². The molecule has 0 atom stereocenters. The minimum Gasteiger partial charge on any atom is -0.387 e. The maximum absolute atomic E-state index is 15.1.